The molecule has 0 unspecified atom stereocenters. The molecule has 7 heteroatoms. The van der Waals surface area contributed by atoms with Gasteiger partial charge in [0, 0.05) is 12.0 Å². The molecule has 2 N–H and O–H groups in total. The lowest BCUT2D eigenvalue weighted by molar-refractivity contribution is -1.02. The second-order valence-corrected chi connectivity index (χ2v) is 8.81. The third-order valence-corrected chi connectivity index (χ3v) is 6.99. The van der Waals surface area contributed by atoms with Gasteiger partial charge in [0.2, 0.25) is 18.6 Å². The van der Waals surface area contributed by atoms with Crippen LogP contribution in [0.5, 0.6) is 11.5 Å². The van der Waals surface area contributed by atoms with Gasteiger partial charge in [0.25, 0.3) is 0 Å². The molecule has 0 radical (unpaired) electrons. The van der Waals surface area contributed by atoms with E-state index in [1.54, 1.807) is 4.90 Å². The maximum absolute atomic E-state index is 12.9. The Hall–Kier alpha value is -2.12. The van der Waals surface area contributed by atoms with E-state index in [2.05, 4.69) is 12.1 Å². The quantitative estimate of drug-likeness (QED) is 0.649. The molecule has 1 aromatic rings. The summed E-state index contributed by atoms with van der Waals surface area (Å²) < 4.78 is 10.9. The predicted octanol–water partition coefficient (Wildman–Crippen LogP) is -1.02. The fraction of sp³-hybridized carbons (Fsp3) is 0.619. The van der Waals surface area contributed by atoms with Gasteiger partial charge in [-0.2, -0.15) is 0 Å². The fourth-order valence-corrected chi connectivity index (χ4v) is 5.32. The van der Waals surface area contributed by atoms with Crippen molar-refractivity contribution in [3.8, 4) is 11.5 Å². The number of nitrogens with zero attached hydrogens (tertiary/aromatic N) is 1. The number of benzene rings is 1. The molecule has 2 amide bonds. The molecule has 1 spiro atoms. The van der Waals surface area contributed by atoms with E-state index in [1.165, 1.54) is 15.4 Å². The van der Waals surface area contributed by atoms with E-state index in [9.17, 15) is 9.59 Å². The lowest BCUT2D eigenvalue weighted by Gasteiger charge is -2.32. The minimum Gasteiger partial charge on any atom is -0.454 e. The van der Waals surface area contributed by atoms with Gasteiger partial charge >= 0.3 is 0 Å². The molecular formula is C21H29N3O4+2. The van der Waals surface area contributed by atoms with Crippen LogP contribution in [0.3, 0.4) is 0 Å². The Bertz CT molecular complexity index is 782. The van der Waals surface area contributed by atoms with Crippen LogP contribution in [0, 0.1) is 5.41 Å². The zero-order chi connectivity index (χ0) is 19.1. The van der Waals surface area contributed by atoms with E-state index in [1.807, 2.05) is 6.07 Å². The van der Waals surface area contributed by atoms with Crippen LogP contribution in [0.4, 0.5) is 0 Å². The van der Waals surface area contributed by atoms with Crippen molar-refractivity contribution in [2.24, 2.45) is 5.41 Å². The first-order valence-electron chi connectivity index (χ1n) is 10.5. The molecule has 7 nitrogen and oxygen atoms in total. The molecule has 1 saturated carbocycles. The number of amides is 2. The molecule has 1 aliphatic carbocycles. The van der Waals surface area contributed by atoms with Gasteiger partial charge in [0.15, 0.2) is 18.2 Å². The van der Waals surface area contributed by atoms with Gasteiger partial charge in [0.05, 0.1) is 5.41 Å². The van der Waals surface area contributed by atoms with Crippen LogP contribution in [0.25, 0.3) is 0 Å². The fourth-order valence-electron chi connectivity index (χ4n) is 5.32. The van der Waals surface area contributed by atoms with E-state index in [-0.39, 0.29) is 17.2 Å². The molecule has 0 bridgehead atoms. The number of nitrogens with one attached hydrogen (secondary N) is 2. The van der Waals surface area contributed by atoms with Crippen molar-refractivity contribution in [1.82, 2.24) is 4.90 Å². The van der Waals surface area contributed by atoms with Crippen molar-refractivity contribution < 1.29 is 28.9 Å². The van der Waals surface area contributed by atoms with E-state index < -0.39 is 0 Å². The van der Waals surface area contributed by atoms with Crippen molar-refractivity contribution in [3.05, 3.63) is 23.8 Å². The average molecular weight is 387 g/mol. The van der Waals surface area contributed by atoms with Crippen LogP contribution in [-0.4, -0.2) is 56.4 Å². The third-order valence-electron chi connectivity index (χ3n) is 6.99. The summed E-state index contributed by atoms with van der Waals surface area (Å²) in [5.74, 6) is 1.83. The minimum atomic E-state index is -0.344. The van der Waals surface area contributed by atoms with Crippen LogP contribution < -0.4 is 19.3 Å². The SMILES string of the molecule is O=C1CC2(CCCC2)C(=O)N1C[NH+]1CC[NH+](Cc2ccc3c(c2)OCO3)CC1. The summed E-state index contributed by atoms with van der Waals surface area (Å²) >= 11 is 0. The smallest absolute Gasteiger partial charge is 0.240 e. The normalized spacial score (nSPS) is 28.5. The summed E-state index contributed by atoms with van der Waals surface area (Å²) in [5.41, 5.74) is 0.916. The van der Waals surface area contributed by atoms with E-state index in [0.29, 0.717) is 19.9 Å². The van der Waals surface area contributed by atoms with Gasteiger partial charge in [-0.15, -0.1) is 0 Å². The third kappa shape index (κ3) is 3.16. The number of hydrogen-bond acceptors (Lipinski definition) is 4. The second kappa shape index (κ2) is 7.04. The molecule has 5 rings (SSSR count). The van der Waals surface area contributed by atoms with Crippen LogP contribution >= 0.6 is 0 Å². The van der Waals surface area contributed by atoms with Gasteiger partial charge in [0.1, 0.15) is 32.7 Å². The second-order valence-electron chi connectivity index (χ2n) is 8.81. The lowest BCUT2D eigenvalue weighted by Crippen LogP contribution is -3.28. The molecule has 3 fully saturated rings. The summed E-state index contributed by atoms with van der Waals surface area (Å²) in [7, 11) is 0. The standard InChI is InChI=1S/C21H27N3O4/c25-19-12-21(5-1-2-6-21)20(26)24(19)14-23-9-7-22(8-10-23)13-16-3-4-17-18(11-16)28-15-27-17/h3-4,11H,1-2,5-10,12-15H2/p+2. The van der Waals surface area contributed by atoms with Crippen LogP contribution in [-0.2, 0) is 16.1 Å². The number of carbonyl (C=O) groups is 2. The minimum absolute atomic E-state index is 0.0505. The zero-order valence-electron chi connectivity index (χ0n) is 16.3. The number of hydrogen-bond donors (Lipinski definition) is 2. The van der Waals surface area contributed by atoms with Crippen molar-refractivity contribution in [1.29, 1.82) is 0 Å². The van der Waals surface area contributed by atoms with Gasteiger partial charge in [-0.1, -0.05) is 12.8 Å². The summed E-state index contributed by atoms with van der Waals surface area (Å²) in [6.45, 7) is 5.90. The molecule has 3 aliphatic heterocycles. The van der Waals surface area contributed by atoms with Gasteiger partial charge in [-0.05, 0) is 31.0 Å². The molecule has 3 heterocycles. The van der Waals surface area contributed by atoms with Crippen LogP contribution in [0.15, 0.2) is 18.2 Å². The first kappa shape index (κ1) is 17.9. The Labute approximate surface area is 165 Å². The van der Waals surface area contributed by atoms with Crippen LogP contribution in [0.2, 0.25) is 0 Å². The van der Waals surface area contributed by atoms with E-state index >= 15 is 0 Å². The molecular weight excluding hydrogens is 358 g/mol. The maximum atomic E-state index is 12.9. The molecule has 2 saturated heterocycles. The summed E-state index contributed by atoms with van der Waals surface area (Å²) in [4.78, 5) is 29.8. The summed E-state index contributed by atoms with van der Waals surface area (Å²) in [5, 5.41) is 0. The van der Waals surface area contributed by atoms with E-state index in [4.69, 9.17) is 9.47 Å². The molecule has 1 aromatic carbocycles. The summed E-state index contributed by atoms with van der Waals surface area (Å²) in [6, 6.07) is 6.18. The van der Waals surface area contributed by atoms with E-state index in [0.717, 1.165) is 69.9 Å². The number of imide groups is 1. The molecule has 28 heavy (non-hydrogen) atoms. The Morgan fingerprint density at radius 1 is 0.964 bits per heavy atom. The number of fused-ring (bicyclic) bond motifs is 1. The van der Waals surface area contributed by atoms with Crippen molar-refractivity contribution in [3.63, 3.8) is 0 Å². The highest BCUT2D eigenvalue weighted by Crippen LogP contribution is 2.46. The predicted molar refractivity (Wildman–Crippen MR) is 99.9 cm³/mol. The van der Waals surface area contributed by atoms with Crippen molar-refractivity contribution in [2.75, 3.05) is 39.6 Å². The number of rotatable bonds is 4. The Morgan fingerprint density at radius 3 is 2.46 bits per heavy atom. The Kier molecular flexibility index (Phi) is 4.51. The highest BCUT2D eigenvalue weighted by molar-refractivity contribution is 6.05. The first-order chi connectivity index (χ1) is 13.6. The number of ether oxygens (including phenoxy) is 2. The zero-order valence-corrected chi connectivity index (χ0v) is 16.3. The van der Waals surface area contributed by atoms with Crippen molar-refractivity contribution in [2.45, 2.75) is 38.6 Å². The van der Waals surface area contributed by atoms with Gasteiger partial charge in [-0.3, -0.25) is 9.59 Å². The van der Waals surface area contributed by atoms with Crippen LogP contribution in [0.1, 0.15) is 37.7 Å². The Morgan fingerprint density at radius 2 is 1.68 bits per heavy atom. The van der Waals surface area contributed by atoms with Gasteiger partial charge in [-0.25, -0.2) is 4.90 Å². The number of carbonyl (C=O) groups excluding carboxylic acids is 2. The first-order valence-corrected chi connectivity index (χ1v) is 10.5. The van der Waals surface area contributed by atoms with Gasteiger partial charge < -0.3 is 19.3 Å². The molecule has 0 aromatic heterocycles. The average Bonchev–Trinajstić information content (AvgIpc) is 3.40. The monoisotopic (exact) mass is 387 g/mol. The molecule has 0 atom stereocenters. The Balaban J connectivity index is 1.14. The summed E-state index contributed by atoms with van der Waals surface area (Å²) in [6.07, 6.45) is 4.41. The number of likely N-dealkylation sites (tertiary alicyclic amines) is 1. The number of piperazine rings is 1. The lowest BCUT2D eigenvalue weighted by atomic mass is 9.85. The molecule has 4 aliphatic rings. The molecule has 150 valence electrons. The topological polar surface area (TPSA) is 64.7 Å². The highest BCUT2D eigenvalue weighted by atomic mass is 16.7. The largest absolute Gasteiger partial charge is 0.454 e. The maximum Gasteiger partial charge on any atom is 0.240 e. The number of quaternary nitrogens is 2. The highest BCUT2D eigenvalue weighted by Gasteiger charge is 2.53. The van der Waals surface area contributed by atoms with Crippen molar-refractivity contribution >= 4 is 11.8 Å².